The second kappa shape index (κ2) is 6.56. The Morgan fingerprint density at radius 3 is 2.43 bits per heavy atom. The zero-order chi connectivity index (χ0) is 10.4. The van der Waals surface area contributed by atoms with Crippen molar-refractivity contribution in [2.24, 2.45) is 5.92 Å². The minimum absolute atomic E-state index is 0.134. The van der Waals surface area contributed by atoms with Gasteiger partial charge in [-0.2, -0.15) is 0 Å². The molecule has 0 aromatic heterocycles. The first-order chi connectivity index (χ1) is 6.72. The van der Waals surface area contributed by atoms with Crippen LogP contribution in [-0.4, -0.2) is 27.2 Å². The Labute approximate surface area is 101 Å². The van der Waals surface area contributed by atoms with Crippen molar-refractivity contribution in [3.8, 4) is 0 Å². The molecule has 76 valence electrons. The number of rotatable bonds is 4. The number of hydrogen-bond donors (Lipinski definition) is 0. The van der Waals surface area contributed by atoms with Gasteiger partial charge in [-0.1, -0.05) is 0 Å². The van der Waals surface area contributed by atoms with Crippen LogP contribution >= 0.6 is 11.8 Å². The third-order valence-corrected chi connectivity index (χ3v) is 6.57. The molecular weight excluding hydrogens is 304 g/mol. The van der Waals surface area contributed by atoms with Crippen LogP contribution in [0.5, 0.6) is 0 Å². The predicted octanol–water partition coefficient (Wildman–Crippen LogP) is 2.88. The molecule has 0 heterocycles. The third kappa shape index (κ3) is 4.55. The first-order valence-electron chi connectivity index (χ1n) is 4.71. The molecule has 0 aliphatic rings. The molecule has 1 aromatic carbocycles. The number of thioether (sulfide) groups is 1. The summed E-state index contributed by atoms with van der Waals surface area (Å²) in [7, 11) is 0. The molecule has 0 aliphatic heterocycles. The van der Waals surface area contributed by atoms with Crippen LogP contribution in [0.4, 0.5) is 0 Å². The normalized spacial score (nSPS) is 12.1. The number of benzene rings is 1. The average molecular weight is 320 g/mol. The van der Waals surface area contributed by atoms with Crippen molar-refractivity contribution in [1.29, 1.82) is 0 Å². The van der Waals surface area contributed by atoms with E-state index in [1.54, 1.807) is 2.95 Å². The van der Waals surface area contributed by atoms with Gasteiger partial charge in [-0.15, -0.1) is 0 Å². The molecular formula is C12H16STe. The Morgan fingerprint density at radius 1 is 1.29 bits per heavy atom. The molecule has 1 rings (SSSR count). The SMILES string of the molecule is CS/C(=C/C(C)C)[Te]c1ccccc1. The van der Waals surface area contributed by atoms with Crippen LogP contribution in [0.25, 0.3) is 0 Å². The Balaban J connectivity index is 2.67. The van der Waals surface area contributed by atoms with Gasteiger partial charge >= 0.3 is 102 Å². The molecule has 0 nitrogen and oxygen atoms in total. The first-order valence-corrected chi connectivity index (χ1v) is 8.26. The molecule has 0 amide bonds. The van der Waals surface area contributed by atoms with Gasteiger partial charge in [0.15, 0.2) is 0 Å². The second-order valence-electron chi connectivity index (χ2n) is 3.35. The summed E-state index contributed by atoms with van der Waals surface area (Å²) in [5.41, 5.74) is 0. The molecule has 0 atom stereocenters. The maximum absolute atomic E-state index is 2.40. The van der Waals surface area contributed by atoms with Crippen LogP contribution in [-0.2, 0) is 0 Å². The fraction of sp³-hybridized carbons (Fsp3) is 0.333. The topological polar surface area (TPSA) is 0 Å². The fourth-order valence-electron chi connectivity index (χ4n) is 1.02. The van der Waals surface area contributed by atoms with Gasteiger partial charge in [0.25, 0.3) is 0 Å². The molecule has 0 saturated heterocycles. The van der Waals surface area contributed by atoms with E-state index in [0.29, 0.717) is 5.92 Å². The summed E-state index contributed by atoms with van der Waals surface area (Å²) < 4.78 is 3.12. The Morgan fingerprint density at radius 2 is 1.93 bits per heavy atom. The fourth-order valence-corrected chi connectivity index (χ4v) is 5.34. The summed E-state index contributed by atoms with van der Waals surface area (Å²) in [4.78, 5) is 0. The number of hydrogen-bond acceptors (Lipinski definition) is 1. The zero-order valence-electron chi connectivity index (χ0n) is 8.86. The summed E-state index contributed by atoms with van der Waals surface area (Å²) in [6, 6.07) is 10.8. The molecule has 14 heavy (non-hydrogen) atoms. The van der Waals surface area contributed by atoms with Crippen LogP contribution in [0, 0.1) is 5.92 Å². The van der Waals surface area contributed by atoms with Crippen LogP contribution < -0.4 is 3.61 Å². The van der Waals surface area contributed by atoms with E-state index < -0.39 is 0 Å². The van der Waals surface area contributed by atoms with Crippen LogP contribution in [0.3, 0.4) is 0 Å². The van der Waals surface area contributed by atoms with Crippen molar-refractivity contribution in [1.82, 2.24) is 0 Å². The van der Waals surface area contributed by atoms with Crippen molar-refractivity contribution >= 4 is 36.3 Å². The molecule has 0 unspecified atom stereocenters. The summed E-state index contributed by atoms with van der Waals surface area (Å²) in [5, 5.41) is 0. The average Bonchev–Trinajstić information content (AvgIpc) is 2.17. The molecule has 0 bridgehead atoms. The molecule has 0 fully saturated rings. The first kappa shape index (κ1) is 12.2. The van der Waals surface area contributed by atoms with Gasteiger partial charge in [-0.3, -0.25) is 0 Å². The van der Waals surface area contributed by atoms with Crippen molar-refractivity contribution in [3.05, 3.63) is 39.4 Å². The summed E-state index contributed by atoms with van der Waals surface area (Å²) in [6.45, 7) is 4.49. The Hall–Kier alpha value is 0.0996. The van der Waals surface area contributed by atoms with E-state index in [-0.39, 0.29) is 20.9 Å². The van der Waals surface area contributed by atoms with E-state index in [9.17, 15) is 0 Å². The molecule has 0 spiro atoms. The van der Waals surface area contributed by atoms with E-state index in [1.165, 1.54) is 3.61 Å². The molecule has 0 radical (unpaired) electrons. The summed E-state index contributed by atoms with van der Waals surface area (Å²) in [5.74, 6) is 0.672. The van der Waals surface area contributed by atoms with E-state index >= 15 is 0 Å². The molecule has 0 N–H and O–H groups in total. The van der Waals surface area contributed by atoms with Gasteiger partial charge in [-0.25, -0.2) is 0 Å². The standard InChI is InChI=1S/C12H16STe/c1-10(2)9-12(13-3)14-11-7-5-4-6-8-11/h4-10H,1-3H3/b12-9-. The maximum atomic E-state index is 2.40. The molecule has 2 heteroatoms. The van der Waals surface area contributed by atoms with Gasteiger partial charge < -0.3 is 0 Å². The van der Waals surface area contributed by atoms with Gasteiger partial charge in [0, 0.05) is 0 Å². The minimum atomic E-state index is -0.134. The van der Waals surface area contributed by atoms with Gasteiger partial charge in [0.05, 0.1) is 0 Å². The van der Waals surface area contributed by atoms with Crippen LogP contribution in [0.2, 0.25) is 0 Å². The van der Waals surface area contributed by atoms with Gasteiger partial charge in [0.2, 0.25) is 0 Å². The molecule has 0 saturated carbocycles. The Kier molecular flexibility index (Phi) is 5.70. The molecule has 0 aliphatic carbocycles. The number of allylic oxidation sites excluding steroid dienone is 1. The van der Waals surface area contributed by atoms with Gasteiger partial charge in [-0.05, 0) is 0 Å². The predicted molar refractivity (Wildman–Crippen MR) is 68.3 cm³/mol. The van der Waals surface area contributed by atoms with E-state index in [2.05, 4.69) is 56.5 Å². The van der Waals surface area contributed by atoms with Crippen LogP contribution in [0.15, 0.2) is 39.4 Å². The van der Waals surface area contributed by atoms with Crippen LogP contribution in [0.1, 0.15) is 13.8 Å². The van der Waals surface area contributed by atoms with E-state index in [4.69, 9.17) is 0 Å². The van der Waals surface area contributed by atoms with E-state index in [0.717, 1.165) is 0 Å². The van der Waals surface area contributed by atoms with Crippen molar-refractivity contribution in [2.75, 3.05) is 6.26 Å². The van der Waals surface area contributed by atoms with E-state index in [1.807, 2.05) is 11.8 Å². The third-order valence-electron chi connectivity index (χ3n) is 1.63. The van der Waals surface area contributed by atoms with Crippen molar-refractivity contribution in [3.63, 3.8) is 0 Å². The summed E-state index contributed by atoms with van der Waals surface area (Å²) in [6.07, 6.45) is 4.59. The monoisotopic (exact) mass is 322 g/mol. The van der Waals surface area contributed by atoms with Gasteiger partial charge in [0.1, 0.15) is 0 Å². The zero-order valence-corrected chi connectivity index (χ0v) is 12.0. The summed E-state index contributed by atoms with van der Waals surface area (Å²) >= 11 is 1.78. The van der Waals surface area contributed by atoms with Crippen molar-refractivity contribution in [2.45, 2.75) is 13.8 Å². The second-order valence-corrected chi connectivity index (χ2v) is 8.19. The quantitative estimate of drug-likeness (QED) is 0.769. The Bertz CT molecular complexity index is 290. The molecule has 1 aromatic rings. The van der Waals surface area contributed by atoms with Crippen molar-refractivity contribution < 1.29 is 0 Å².